The monoisotopic (exact) mass is 252 g/mol. The van der Waals surface area contributed by atoms with E-state index in [0.29, 0.717) is 19.0 Å². The number of nitrogens with zero attached hydrogens (tertiary/aromatic N) is 2. The maximum absolute atomic E-state index is 11.7. The zero-order chi connectivity index (χ0) is 13.7. The minimum atomic E-state index is 0.0970. The summed E-state index contributed by atoms with van der Waals surface area (Å²) in [5, 5.41) is 10.4. The molecule has 0 saturated heterocycles. The van der Waals surface area contributed by atoms with Crippen molar-refractivity contribution in [2.45, 2.75) is 39.7 Å². The number of carbonyl (C=O) groups is 1. The molecule has 0 radical (unpaired) electrons. The van der Waals surface area contributed by atoms with Crippen LogP contribution in [-0.4, -0.2) is 35.3 Å². The van der Waals surface area contributed by atoms with E-state index in [1.54, 1.807) is 0 Å². The van der Waals surface area contributed by atoms with Crippen LogP contribution in [0.2, 0.25) is 0 Å². The van der Waals surface area contributed by atoms with Crippen molar-refractivity contribution < 1.29 is 4.79 Å². The molecule has 1 heterocycles. The van der Waals surface area contributed by atoms with E-state index in [1.165, 1.54) is 5.56 Å². The molecular formula is C13H24N4O. The van der Waals surface area contributed by atoms with Crippen molar-refractivity contribution in [3.05, 3.63) is 17.0 Å². The highest BCUT2D eigenvalue weighted by Gasteiger charge is 2.11. The predicted octanol–water partition coefficient (Wildman–Crippen LogP) is 0.694. The third-order valence-corrected chi connectivity index (χ3v) is 3.36. The Bertz CT molecular complexity index is 411. The maximum atomic E-state index is 11.7. The molecule has 18 heavy (non-hydrogen) atoms. The number of hydrogen-bond donors (Lipinski definition) is 2. The third-order valence-electron chi connectivity index (χ3n) is 3.36. The van der Waals surface area contributed by atoms with Crippen molar-refractivity contribution >= 4 is 5.91 Å². The molecule has 5 heteroatoms. The number of nitrogens with one attached hydrogen (secondary N) is 2. The number of likely N-dealkylation sites (N-methyl/N-ethyl adjacent to an activating group) is 1. The van der Waals surface area contributed by atoms with Crippen LogP contribution in [0.1, 0.15) is 30.3 Å². The fourth-order valence-electron chi connectivity index (χ4n) is 1.88. The van der Waals surface area contributed by atoms with Gasteiger partial charge in [0, 0.05) is 31.7 Å². The van der Waals surface area contributed by atoms with Crippen LogP contribution in [0.3, 0.4) is 0 Å². The highest BCUT2D eigenvalue weighted by Crippen LogP contribution is 2.13. The normalized spacial score (nSPS) is 12.5. The Labute approximate surface area is 109 Å². The second-order valence-electron chi connectivity index (χ2n) is 4.77. The molecular weight excluding hydrogens is 228 g/mol. The van der Waals surface area contributed by atoms with Crippen LogP contribution in [0.5, 0.6) is 0 Å². The van der Waals surface area contributed by atoms with Gasteiger partial charge in [0.1, 0.15) is 0 Å². The van der Waals surface area contributed by atoms with Crippen molar-refractivity contribution in [3.8, 4) is 0 Å². The summed E-state index contributed by atoms with van der Waals surface area (Å²) in [6.45, 7) is 6.73. The minimum Gasteiger partial charge on any atom is -0.355 e. The third kappa shape index (κ3) is 3.84. The van der Waals surface area contributed by atoms with Crippen LogP contribution in [0, 0.1) is 13.8 Å². The summed E-state index contributed by atoms with van der Waals surface area (Å²) in [5.74, 6) is 0.0970. The molecule has 0 saturated carbocycles. The second kappa shape index (κ2) is 6.54. The summed E-state index contributed by atoms with van der Waals surface area (Å²) >= 11 is 0. The smallest absolute Gasteiger partial charge is 0.220 e. The summed E-state index contributed by atoms with van der Waals surface area (Å²) in [6.07, 6.45) is 1.27. The van der Waals surface area contributed by atoms with Gasteiger partial charge in [-0.2, -0.15) is 5.10 Å². The van der Waals surface area contributed by atoms with Crippen LogP contribution in [-0.2, 0) is 18.3 Å². The number of aromatic nitrogens is 2. The van der Waals surface area contributed by atoms with Crippen molar-refractivity contribution in [2.24, 2.45) is 7.05 Å². The van der Waals surface area contributed by atoms with Crippen LogP contribution in [0.4, 0.5) is 0 Å². The van der Waals surface area contributed by atoms with E-state index in [4.69, 9.17) is 0 Å². The van der Waals surface area contributed by atoms with Crippen LogP contribution < -0.4 is 10.6 Å². The number of hydrogen-bond acceptors (Lipinski definition) is 3. The molecule has 0 spiro atoms. The Morgan fingerprint density at radius 2 is 2.11 bits per heavy atom. The highest BCUT2D eigenvalue weighted by atomic mass is 16.1. The molecule has 0 aliphatic rings. The Morgan fingerprint density at radius 3 is 2.61 bits per heavy atom. The lowest BCUT2D eigenvalue weighted by Gasteiger charge is -2.11. The lowest BCUT2D eigenvalue weighted by Crippen LogP contribution is -2.37. The first-order valence-corrected chi connectivity index (χ1v) is 6.38. The quantitative estimate of drug-likeness (QED) is 0.783. The van der Waals surface area contributed by atoms with Crippen molar-refractivity contribution in [3.63, 3.8) is 0 Å². The van der Waals surface area contributed by atoms with Gasteiger partial charge in [-0.3, -0.25) is 9.48 Å². The summed E-state index contributed by atoms with van der Waals surface area (Å²) in [6, 6.07) is 0.302. The number of rotatable bonds is 6. The fourth-order valence-corrected chi connectivity index (χ4v) is 1.88. The molecule has 1 amide bonds. The summed E-state index contributed by atoms with van der Waals surface area (Å²) in [4.78, 5) is 11.7. The lowest BCUT2D eigenvalue weighted by molar-refractivity contribution is -0.121. The lowest BCUT2D eigenvalue weighted by atomic mass is 10.1. The van der Waals surface area contributed by atoms with Gasteiger partial charge in [0.2, 0.25) is 5.91 Å². The van der Waals surface area contributed by atoms with Gasteiger partial charge >= 0.3 is 0 Å². The molecule has 102 valence electrons. The number of aryl methyl sites for hydroxylation is 2. The molecule has 1 aromatic rings. The van der Waals surface area contributed by atoms with Crippen molar-refractivity contribution in [1.82, 2.24) is 20.4 Å². The van der Waals surface area contributed by atoms with E-state index in [9.17, 15) is 4.79 Å². The number of carbonyl (C=O) groups excluding carboxylic acids is 1. The van der Waals surface area contributed by atoms with Gasteiger partial charge in [0.05, 0.1) is 5.69 Å². The summed E-state index contributed by atoms with van der Waals surface area (Å²) in [7, 11) is 3.82. The largest absolute Gasteiger partial charge is 0.355 e. The number of amides is 1. The van der Waals surface area contributed by atoms with Crippen molar-refractivity contribution in [2.75, 3.05) is 13.6 Å². The van der Waals surface area contributed by atoms with Gasteiger partial charge in [-0.05, 0) is 39.8 Å². The molecule has 0 fully saturated rings. The topological polar surface area (TPSA) is 58.9 Å². The molecule has 5 nitrogen and oxygen atoms in total. The molecule has 0 aromatic carbocycles. The minimum absolute atomic E-state index is 0.0970. The molecule has 1 unspecified atom stereocenters. The average molecular weight is 252 g/mol. The first kappa shape index (κ1) is 14.7. The molecule has 1 atom stereocenters. The predicted molar refractivity (Wildman–Crippen MR) is 72.5 cm³/mol. The van der Waals surface area contributed by atoms with Gasteiger partial charge < -0.3 is 10.6 Å². The van der Waals surface area contributed by atoms with E-state index >= 15 is 0 Å². The maximum Gasteiger partial charge on any atom is 0.220 e. The van der Waals surface area contributed by atoms with E-state index in [2.05, 4.69) is 15.7 Å². The standard InChI is InChI=1S/C13H24N4O/c1-9(14-4)8-15-13(18)7-6-12-10(2)16-17(5)11(12)3/h9,14H,6-8H2,1-5H3,(H,15,18). The van der Waals surface area contributed by atoms with E-state index in [-0.39, 0.29) is 5.91 Å². The second-order valence-corrected chi connectivity index (χ2v) is 4.77. The van der Waals surface area contributed by atoms with Gasteiger partial charge in [0.25, 0.3) is 0 Å². The zero-order valence-electron chi connectivity index (χ0n) is 12.0. The molecule has 1 rings (SSSR count). The molecule has 1 aromatic heterocycles. The van der Waals surface area contributed by atoms with Gasteiger partial charge in [0.15, 0.2) is 0 Å². The SMILES string of the molecule is CNC(C)CNC(=O)CCc1c(C)nn(C)c1C. The van der Waals surface area contributed by atoms with Crippen LogP contribution >= 0.6 is 0 Å². The molecule has 0 bridgehead atoms. The van der Waals surface area contributed by atoms with Gasteiger partial charge in [-0.15, -0.1) is 0 Å². The fraction of sp³-hybridized carbons (Fsp3) is 0.692. The van der Waals surface area contributed by atoms with E-state index in [1.807, 2.05) is 39.5 Å². The van der Waals surface area contributed by atoms with Gasteiger partial charge in [-0.1, -0.05) is 0 Å². The summed E-state index contributed by atoms with van der Waals surface area (Å²) < 4.78 is 1.87. The van der Waals surface area contributed by atoms with Crippen molar-refractivity contribution in [1.29, 1.82) is 0 Å². The Balaban J connectivity index is 2.43. The average Bonchev–Trinajstić information content (AvgIpc) is 2.58. The zero-order valence-corrected chi connectivity index (χ0v) is 12.0. The first-order valence-electron chi connectivity index (χ1n) is 6.38. The van der Waals surface area contributed by atoms with E-state index in [0.717, 1.165) is 17.8 Å². The molecule has 0 aliphatic heterocycles. The molecule has 0 aliphatic carbocycles. The van der Waals surface area contributed by atoms with Crippen LogP contribution in [0.15, 0.2) is 0 Å². The summed E-state index contributed by atoms with van der Waals surface area (Å²) in [5.41, 5.74) is 3.35. The van der Waals surface area contributed by atoms with E-state index < -0.39 is 0 Å². The first-order chi connectivity index (χ1) is 8.45. The highest BCUT2D eigenvalue weighted by molar-refractivity contribution is 5.76. The van der Waals surface area contributed by atoms with Gasteiger partial charge in [-0.25, -0.2) is 0 Å². The Kier molecular flexibility index (Phi) is 5.34. The Hall–Kier alpha value is -1.36. The molecule has 2 N–H and O–H groups in total. The Morgan fingerprint density at radius 1 is 1.44 bits per heavy atom. The van der Waals surface area contributed by atoms with Crippen LogP contribution in [0.25, 0.3) is 0 Å².